The predicted molar refractivity (Wildman–Crippen MR) is 189 cm³/mol. The summed E-state index contributed by atoms with van der Waals surface area (Å²) < 4.78 is 46.9. The van der Waals surface area contributed by atoms with Crippen LogP contribution in [0.1, 0.15) is 121 Å². The molecule has 0 radical (unpaired) electrons. The van der Waals surface area contributed by atoms with Crippen LogP contribution in [0, 0.1) is 6.92 Å². The third-order valence-corrected chi connectivity index (χ3v) is 9.42. The molecule has 2 aromatic rings. The van der Waals surface area contributed by atoms with Crippen LogP contribution < -0.4 is 5.32 Å². The van der Waals surface area contributed by atoms with Gasteiger partial charge in [0.25, 0.3) is 10.1 Å². The number of ether oxygens (including phenoxy) is 3. The number of nitrogens with one attached hydrogen (secondary N) is 1. The standard InChI is InChI=1S/C38H61NO7S/c1-3-4-5-6-7-8-9-10-11-12-13-14-15-16-17-21-29-43-32-36(44-31-35-22-19-18-20-23-35)33-45-38(40)39-28-30-46-47(41,42)37-26-24-34(2)25-27-37/h18-20,22-27,36H,3-17,21,28-33H2,1-2H3,(H,39,40). The maximum atomic E-state index is 12.3. The Morgan fingerprint density at radius 2 is 1.26 bits per heavy atom. The van der Waals surface area contributed by atoms with Gasteiger partial charge in [-0.2, -0.15) is 8.42 Å². The van der Waals surface area contributed by atoms with Crippen LogP contribution in [0.5, 0.6) is 0 Å². The van der Waals surface area contributed by atoms with Gasteiger partial charge in [0.05, 0.1) is 24.7 Å². The van der Waals surface area contributed by atoms with E-state index in [1.807, 2.05) is 37.3 Å². The van der Waals surface area contributed by atoms with E-state index in [2.05, 4.69) is 12.2 Å². The molecule has 8 nitrogen and oxygen atoms in total. The molecule has 2 aromatic carbocycles. The second-order valence-electron chi connectivity index (χ2n) is 12.4. The third-order valence-electron chi connectivity index (χ3n) is 8.09. The molecule has 1 unspecified atom stereocenters. The number of benzene rings is 2. The number of hydrogen-bond donors (Lipinski definition) is 1. The van der Waals surface area contributed by atoms with Crippen molar-refractivity contribution in [3.63, 3.8) is 0 Å². The van der Waals surface area contributed by atoms with Gasteiger partial charge in [-0.1, -0.05) is 151 Å². The van der Waals surface area contributed by atoms with Gasteiger partial charge in [0.1, 0.15) is 12.7 Å². The van der Waals surface area contributed by atoms with Crippen LogP contribution in [0.4, 0.5) is 4.79 Å². The van der Waals surface area contributed by atoms with Crippen molar-refractivity contribution in [2.24, 2.45) is 0 Å². The first-order valence-corrected chi connectivity index (χ1v) is 19.4. The Bertz CT molecular complexity index is 1140. The molecule has 1 atom stereocenters. The SMILES string of the molecule is CCCCCCCCCCCCCCCCCCOCC(COC(=O)NCCOS(=O)(=O)c1ccc(C)cc1)OCc1ccccc1. The molecule has 1 N–H and O–H groups in total. The predicted octanol–water partition coefficient (Wildman–Crippen LogP) is 9.29. The van der Waals surface area contributed by atoms with E-state index in [-0.39, 0.29) is 24.7 Å². The molecule has 47 heavy (non-hydrogen) atoms. The minimum absolute atomic E-state index is 0.0140. The molecule has 0 aromatic heterocycles. The highest BCUT2D eigenvalue weighted by atomic mass is 32.2. The molecule has 0 spiro atoms. The van der Waals surface area contributed by atoms with E-state index in [4.69, 9.17) is 18.4 Å². The van der Waals surface area contributed by atoms with Gasteiger partial charge in [-0.3, -0.25) is 4.18 Å². The zero-order valence-electron chi connectivity index (χ0n) is 29.1. The highest BCUT2D eigenvalue weighted by molar-refractivity contribution is 7.86. The lowest BCUT2D eigenvalue weighted by atomic mass is 10.0. The van der Waals surface area contributed by atoms with Gasteiger partial charge in [0.2, 0.25) is 0 Å². The minimum Gasteiger partial charge on any atom is -0.447 e. The van der Waals surface area contributed by atoms with E-state index in [0.29, 0.717) is 19.8 Å². The maximum Gasteiger partial charge on any atom is 0.407 e. The normalized spacial score (nSPS) is 12.2. The Hall–Kier alpha value is -2.46. The molecule has 2 rings (SSSR count). The van der Waals surface area contributed by atoms with E-state index in [1.54, 1.807) is 12.1 Å². The topological polar surface area (TPSA) is 100 Å². The molecule has 0 heterocycles. The lowest BCUT2D eigenvalue weighted by molar-refractivity contribution is -0.0530. The van der Waals surface area contributed by atoms with E-state index in [9.17, 15) is 13.2 Å². The first-order chi connectivity index (χ1) is 22.9. The summed E-state index contributed by atoms with van der Waals surface area (Å²) in [5.41, 5.74) is 1.97. The Morgan fingerprint density at radius 1 is 0.702 bits per heavy atom. The highest BCUT2D eigenvalue weighted by Gasteiger charge is 2.16. The van der Waals surface area contributed by atoms with E-state index in [0.717, 1.165) is 24.0 Å². The quantitative estimate of drug-likeness (QED) is 0.0678. The van der Waals surface area contributed by atoms with Crippen molar-refractivity contribution in [1.82, 2.24) is 5.32 Å². The molecular formula is C38H61NO7S. The molecular weight excluding hydrogens is 614 g/mol. The van der Waals surface area contributed by atoms with Crippen LogP contribution in [0.2, 0.25) is 0 Å². The van der Waals surface area contributed by atoms with E-state index < -0.39 is 22.3 Å². The summed E-state index contributed by atoms with van der Waals surface area (Å²) in [5.74, 6) is 0. The smallest absolute Gasteiger partial charge is 0.407 e. The lowest BCUT2D eigenvalue weighted by Crippen LogP contribution is -2.33. The number of aryl methyl sites for hydroxylation is 1. The average Bonchev–Trinajstić information content (AvgIpc) is 3.07. The van der Waals surface area contributed by atoms with Gasteiger partial charge >= 0.3 is 6.09 Å². The molecule has 1 amide bonds. The number of hydrogen-bond acceptors (Lipinski definition) is 7. The Morgan fingerprint density at radius 3 is 1.83 bits per heavy atom. The maximum absolute atomic E-state index is 12.3. The fraction of sp³-hybridized carbons (Fsp3) is 0.658. The van der Waals surface area contributed by atoms with Crippen LogP contribution in [-0.2, 0) is 35.1 Å². The largest absolute Gasteiger partial charge is 0.447 e. The van der Waals surface area contributed by atoms with Gasteiger partial charge < -0.3 is 19.5 Å². The number of carbonyl (C=O) groups excluding carboxylic acids is 1. The number of unbranched alkanes of at least 4 members (excludes halogenated alkanes) is 15. The summed E-state index contributed by atoms with van der Waals surface area (Å²) in [4.78, 5) is 12.3. The fourth-order valence-corrected chi connectivity index (χ4v) is 6.11. The van der Waals surface area contributed by atoms with Crippen LogP contribution in [0.25, 0.3) is 0 Å². The number of amides is 1. The summed E-state index contributed by atoms with van der Waals surface area (Å²) in [7, 11) is -3.89. The van der Waals surface area contributed by atoms with Crippen LogP contribution in [0.15, 0.2) is 59.5 Å². The molecule has 0 saturated carbocycles. The molecule has 266 valence electrons. The van der Waals surface area contributed by atoms with Crippen molar-refractivity contribution < 1.29 is 31.6 Å². The van der Waals surface area contributed by atoms with Crippen molar-refractivity contribution in [2.75, 3.05) is 33.0 Å². The summed E-state index contributed by atoms with van der Waals surface area (Å²) in [6.45, 7) is 5.27. The summed E-state index contributed by atoms with van der Waals surface area (Å²) >= 11 is 0. The second kappa shape index (κ2) is 26.5. The van der Waals surface area contributed by atoms with Gasteiger partial charge in [0, 0.05) is 13.2 Å². The van der Waals surface area contributed by atoms with Crippen LogP contribution in [-0.4, -0.2) is 53.6 Å². The number of alkyl carbamates (subject to hydrolysis) is 1. The van der Waals surface area contributed by atoms with Crippen molar-refractivity contribution in [2.45, 2.75) is 134 Å². The molecule has 0 bridgehead atoms. The van der Waals surface area contributed by atoms with Gasteiger partial charge in [-0.15, -0.1) is 0 Å². The first-order valence-electron chi connectivity index (χ1n) is 18.0. The van der Waals surface area contributed by atoms with Crippen molar-refractivity contribution in [3.8, 4) is 0 Å². The Labute approximate surface area is 285 Å². The van der Waals surface area contributed by atoms with E-state index in [1.165, 1.54) is 102 Å². The van der Waals surface area contributed by atoms with Gasteiger partial charge in [-0.25, -0.2) is 4.79 Å². The van der Waals surface area contributed by atoms with Crippen molar-refractivity contribution >= 4 is 16.2 Å². The Balaban J connectivity index is 1.54. The number of carbonyl (C=O) groups is 1. The van der Waals surface area contributed by atoms with Gasteiger partial charge in [-0.05, 0) is 31.0 Å². The number of rotatable bonds is 29. The lowest BCUT2D eigenvalue weighted by Gasteiger charge is -2.18. The molecule has 0 aliphatic carbocycles. The molecule has 0 fully saturated rings. The van der Waals surface area contributed by atoms with E-state index >= 15 is 0 Å². The third kappa shape index (κ3) is 21.2. The average molecular weight is 676 g/mol. The first kappa shape index (κ1) is 40.7. The molecule has 9 heteroatoms. The Kier molecular flexibility index (Phi) is 22.9. The summed E-state index contributed by atoms with van der Waals surface area (Å²) in [6.07, 6.45) is 20.2. The van der Waals surface area contributed by atoms with Gasteiger partial charge in [0.15, 0.2) is 0 Å². The minimum atomic E-state index is -3.89. The van der Waals surface area contributed by atoms with Crippen molar-refractivity contribution in [3.05, 3.63) is 65.7 Å². The fourth-order valence-electron chi connectivity index (χ4n) is 5.20. The zero-order chi connectivity index (χ0) is 33.8. The summed E-state index contributed by atoms with van der Waals surface area (Å²) in [6, 6.07) is 16.2. The second-order valence-corrected chi connectivity index (χ2v) is 14.0. The zero-order valence-corrected chi connectivity index (χ0v) is 29.9. The summed E-state index contributed by atoms with van der Waals surface area (Å²) in [5, 5.41) is 2.53. The van der Waals surface area contributed by atoms with Crippen LogP contribution in [0.3, 0.4) is 0 Å². The van der Waals surface area contributed by atoms with Crippen LogP contribution >= 0.6 is 0 Å². The highest BCUT2D eigenvalue weighted by Crippen LogP contribution is 2.15. The van der Waals surface area contributed by atoms with Crippen molar-refractivity contribution in [1.29, 1.82) is 0 Å². The molecule has 0 aliphatic heterocycles. The molecule has 0 saturated heterocycles. The molecule has 0 aliphatic rings. The monoisotopic (exact) mass is 675 g/mol.